The van der Waals surface area contributed by atoms with Crippen molar-refractivity contribution in [2.45, 2.75) is 19.9 Å². The second kappa shape index (κ2) is 11.1. The van der Waals surface area contributed by atoms with Gasteiger partial charge in [0, 0.05) is 30.6 Å². The Hall–Kier alpha value is -1.55. The van der Waals surface area contributed by atoms with Crippen LogP contribution in [0.2, 0.25) is 0 Å². The SMILES string of the molecule is CN=C(NCCCNC(=O)c1occc1C)NCc1cccs1.I. The number of furan rings is 1. The maximum atomic E-state index is 11.9. The molecule has 0 saturated carbocycles. The number of thiophene rings is 1. The molecule has 0 bridgehead atoms. The van der Waals surface area contributed by atoms with Crippen molar-refractivity contribution in [2.75, 3.05) is 20.1 Å². The predicted octanol–water partition coefficient (Wildman–Crippen LogP) is 2.75. The van der Waals surface area contributed by atoms with E-state index in [2.05, 4.69) is 32.4 Å². The molecule has 0 saturated heterocycles. The maximum Gasteiger partial charge on any atom is 0.287 e. The summed E-state index contributed by atoms with van der Waals surface area (Å²) in [6, 6.07) is 5.89. The Balaban J connectivity index is 0.00000288. The molecule has 2 rings (SSSR count). The Morgan fingerprint density at radius 3 is 2.67 bits per heavy atom. The van der Waals surface area contributed by atoms with Crippen LogP contribution in [0.1, 0.15) is 27.4 Å². The largest absolute Gasteiger partial charge is 0.459 e. The molecule has 0 aliphatic rings. The number of carbonyl (C=O) groups is 1. The van der Waals surface area contributed by atoms with Crippen LogP contribution in [0.15, 0.2) is 39.3 Å². The van der Waals surface area contributed by atoms with Crippen molar-refractivity contribution in [1.29, 1.82) is 0 Å². The standard InChI is InChI=1S/C16H22N4O2S.HI/c1-12-6-9-22-14(12)15(21)18-7-4-8-19-16(17-2)20-11-13-5-3-10-23-13;/h3,5-6,9-10H,4,7-8,11H2,1-2H3,(H,18,21)(H2,17,19,20);1H. The van der Waals surface area contributed by atoms with Crippen LogP contribution < -0.4 is 16.0 Å². The normalized spacial score (nSPS) is 10.8. The minimum Gasteiger partial charge on any atom is -0.459 e. The van der Waals surface area contributed by atoms with Crippen molar-refractivity contribution >= 4 is 47.2 Å². The van der Waals surface area contributed by atoms with E-state index in [9.17, 15) is 4.79 Å². The van der Waals surface area contributed by atoms with Crippen molar-refractivity contribution in [3.8, 4) is 0 Å². The molecule has 0 fully saturated rings. The van der Waals surface area contributed by atoms with Gasteiger partial charge in [-0.05, 0) is 30.9 Å². The van der Waals surface area contributed by atoms with E-state index in [1.165, 1.54) is 11.1 Å². The van der Waals surface area contributed by atoms with Crippen molar-refractivity contribution in [3.63, 3.8) is 0 Å². The van der Waals surface area contributed by atoms with Gasteiger partial charge in [-0.15, -0.1) is 35.3 Å². The van der Waals surface area contributed by atoms with Gasteiger partial charge < -0.3 is 20.4 Å². The van der Waals surface area contributed by atoms with Gasteiger partial charge in [-0.1, -0.05) is 6.07 Å². The van der Waals surface area contributed by atoms with Gasteiger partial charge in [0.2, 0.25) is 0 Å². The highest BCUT2D eigenvalue weighted by Crippen LogP contribution is 2.08. The Kier molecular flexibility index (Phi) is 9.46. The van der Waals surface area contributed by atoms with Crippen LogP contribution in [0.25, 0.3) is 0 Å². The van der Waals surface area contributed by atoms with E-state index in [4.69, 9.17) is 4.42 Å². The van der Waals surface area contributed by atoms with Gasteiger partial charge in [-0.3, -0.25) is 9.79 Å². The lowest BCUT2D eigenvalue weighted by atomic mass is 10.2. The van der Waals surface area contributed by atoms with Crippen LogP contribution in [0, 0.1) is 6.92 Å². The molecule has 2 heterocycles. The highest BCUT2D eigenvalue weighted by Gasteiger charge is 2.11. The van der Waals surface area contributed by atoms with E-state index in [-0.39, 0.29) is 29.9 Å². The third kappa shape index (κ3) is 6.52. The van der Waals surface area contributed by atoms with Gasteiger partial charge >= 0.3 is 0 Å². The van der Waals surface area contributed by atoms with Crippen LogP contribution >= 0.6 is 35.3 Å². The quantitative estimate of drug-likeness (QED) is 0.256. The number of halogens is 1. The lowest BCUT2D eigenvalue weighted by Crippen LogP contribution is -2.38. The fourth-order valence-corrected chi connectivity index (χ4v) is 2.63. The predicted molar refractivity (Wildman–Crippen MR) is 108 cm³/mol. The topological polar surface area (TPSA) is 78.7 Å². The van der Waals surface area contributed by atoms with E-state index >= 15 is 0 Å². The molecule has 0 aliphatic heterocycles. The third-order valence-corrected chi connectivity index (χ3v) is 4.11. The van der Waals surface area contributed by atoms with E-state index in [1.807, 2.05) is 13.0 Å². The molecule has 132 valence electrons. The molecule has 0 aliphatic carbocycles. The number of rotatable bonds is 7. The smallest absolute Gasteiger partial charge is 0.287 e. The Morgan fingerprint density at radius 2 is 2.04 bits per heavy atom. The molecule has 6 nitrogen and oxygen atoms in total. The molecular weight excluding hydrogens is 439 g/mol. The second-order valence-electron chi connectivity index (χ2n) is 4.97. The average molecular weight is 462 g/mol. The molecule has 3 N–H and O–H groups in total. The first-order chi connectivity index (χ1) is 11.2. The number of carbonyl (C=O) groups excluding carboxylic acids is 1. The van der Waals surface area contributed by atoms with Crippen molar-refractivity contribution < 1.29 is 9.21 Å². The number of hydrogen-bond donors (Lipinski definition) is 3. The summed E-state index contributed by atoms with van der Waals surface area (Å²) in [4.78, 5) is 17.3. The number of amides is 1. The molecule has 0 radical (unpaired) electrons. The molecule has 0 aromatic carbocycles. The first kappa shape index (κ1) is 20.5. The summed E-state index contributed by atoms with van der Waals surface area (Å²) in [6.07, 6.45) is 2.32. The number of guanidine groups is 1. The summed E-state index contributed by atoms with van der Waals surface area (Å²) in [5.41, 5.74) is 0.846. The molecule has 0 atom stereocenters. The lowest BCUT2D eigenvalue weighted by molar-refractivity contribution is 0.0925. The summed E-state index contributed by atoms with van der Waals surface area (Å²) in [6.45, 7) is 3.91. The maximum absolute atomic E-state index is 11.9. The van der Waals surface area contributed by atoms with Crippen LogP contribution in [-0.2, 0) is 6.54 Å². The zero-order valence-corrected chi connectivity index (χ0v) is 16.9. The fraction of sp³-hybridized carbons (Fsp3) is 0.375. The average Bonchev–Trinajstić information content (AvgIpc) is 3.21. The van der Waals surface area contributed by atoms with Crippen LogP contribution in [0.5, 0.6) is 0 Å². The fourth-order valence-electron chi connectivity index (χ4n) is 1.99. The first-order valence-electron chi connectivity index (χ1n) is 7.50. The van der Waals surface area contributed by atoms with Gasteiger partial charge in [-0.2, -0.15) is 0 Å². The summed E-state index contributed by atoms with van der Waals surface area (Å²) in [5, 5.41) is 11.4. The molecular formula is C16H23IN4O2S. The van der Waals surface area contributed by atoms with Gasteiger partial charge in [0.05, 0.1) is 12.8 Å². The van der Waals surface area contributed by atoms with E-state index in [0.717, 1.165) is 31.0 Å². The van der Waals surface area contributed by atoms with Crippen LogP contribution in [0.4, 0.5) is 0 Å². The Bertz CT molecular complexity index is 640. The van der Waals surface area contributed by atoms with E-state index in [0.29, 0.717) is 12.3 Å². The number of aliphatic imine (C=N–C) groups is 1. The zero-order chi connectivity index (χ0) is 16.5. The first-order valence-corrected chi connectivity index (χ1v) is 8.38. The van der Waals surface area contributed by atoms with Crippen LogP contribution in [0.3, 0.4) is 0 Å². The third-order valence-electron chi connectivity index (χ3n) is 3.23. The monoisotopic (exact) mass is 462 g/mol. The van der Waals surface area contributed by atoms with Gasteiger partial charge in [0.1, 0.15) is 0 Å². The van der Waals surface area contributed by atoms with Gasteiger partial charge in [-0.25, -0.2) is 0 Å². The number of nitrogens with zero attached hydrogens (tertiary/aromatic N) is 1. The molecule has 8 heteroatoms. The van der Waals surface area contributed by atoms with E-state index < -0.39 is 0 Å². The van der Waals surface area contributed by atoms with Gasteiger partial charge in [0.25, 0.3) is 5.91 Å². The Labute approximate surface area is 163 Å². The molecule has 0 spiro atoms. The van der Waals surface area contributed by atoms with Crippen molar-refractivity contribution in [1.82, 2.24) is 16.0 Å². The number of aryl methyl sites for hydroxylation is 1. The van der Waals surface area contributed by atoms with E-state index in [1.54, 1.807) is 24.5 Å². The summed E-state index contributed by atoms with van der Waals surface area (Å²) in [7, 11) is 1.74. The molecule has 1 amide bonds. The van der Waals surface area contributed by atoms with Crippen LogP contribution in [-0.4, -0.2) is 32.0 Å². The summed E-state index contributed by atoms with van der Waals surface area (Å²) < 4.78 is 5.15. The highest BCUT2D eigenvalue weighted by atomic mass is 127. The number of hydrogen-bond acceptors (Lipinski definition) is 4. The minimum atomic E-state index is -0.173. The Morgan fingerprint density at radius 1 is 1.25 bits per heavy atom. The number of nitrogens with one attached hydrogen (secondary N) is 3. The van der Waals surface area contributed by atoms with Crippen molar-refractivity contribution in [3.05, 3.63) is 46.0 Å². The molecule has 2 aromatic heterocycles. The summed E-state index contributed by atoms with van der Waals surface area (Å²) in [5.74, 6) is 0.964. The van der Waals surface area contributed by atoms with Gasteiger partial charge in [0.15, 0.2) is 11.7 Å². The molecule has 2 aromatic rings. The molecule has 0 unspecified atom stereocenters. The zero-order valence-electron chi connectivity index (χ0n) is 13.8. The summed E-state index contributed by atoms with van der Waals surface area (Å²) >= 11 is 1.71. The van der Waals surface area contributed by atoms with Crippen molar-refractivity contribution in [2.24, 2.45) is 4.99 Å². The molecule has 24 heavy (non-hydrogen) atoms. The minimum absolute atomic E-state index is 0. The highest BCUT2D eigenvalue weighted by molar-refractivity contribution is 14.0. The second-order valence-corrected chi connectivity index (χ2v) is 6.01. The lowest BCUT2D eigenvalue weighted by Gasteiger charge is -2.11.